The molecule has 22 heavy (non-hydrogen) atoms. The molecule has 0 aromatic heterocycles. The van der Waals surface area contributed by atoms with Gasteiger partial charge in [0.25, 0.3) is 0 Å². The van der Waals surface area contributed by atoms with Gasteiger partial charge in [-0.3, -0.25) is 9.59 Å². The summed E-state index contributed by atoms with van der Waals surface area (Å²) >= 11 is 5.87. The van der Waals surface area contributed by atoms with E-state index in [0.29, 0.717) is 12.1 Å². The summed E-state index contributed by atoms with van der Waals surface area (Å²) < 4.78 is 0. The second-order valence-corrected chi connectivity index (χ2v) is 5.93. The van der Waals surface area contributed by atoms with Crippen LogP contribution in [-0.2, 0) is 4.79 Å². The number of nitrogens with two attached hydrogens (primary N) is 2. The molecule has 5 nitrogen and oxygen atoms in total. The van der Waals surface area contributed by atoms with Crippen molar-refractivity contribution in [3.05, 3.63) is 28.8 Å². The van der Waals surface area contributed by atoms with Gasteiger partial charge >= 0.3 is 0 Å². The third-order valence-corrected chi connectivity index (χ3v) is 4.26. The summed E-state index contributed by atoms with van der Waals surface area (Å²) in [5, 5.41) is 3.04. The number of benzene rings is 1. The van der Waals surface area contributed by atoms with E-state index in [9.17, 15) is 9.59 Å². The molecule has 7 heteroatoms. The maximum absolute atomic E-state index is 12.1. The summed E-state index contributed by atoms with van der Waals surface area (Å²) in [7, 11) is 0. The van der Waals surface area contributed by atoms with E-state index in [2.05, 4.69) is 5.32 Å². The van der Waals surface area contributed by atoms with Crippen LogP contribution >= 0.6 is 24.0 Å². The highest BCUT2D eigenvalue weighted by Crippen LogP contribution is 2.26. The van der Waals surface area contributed by atoms with E-state index in [0.717, 1.165) is 25.7 Å². The lowest BCUT2D eigenvalue weighted by atomic mass is 9.83. The molecule has 0 radical (unpaired) electrons. The number of amides is 2. The number of halogens is 2. The van der Waals surface area contributed by atoms with Gasteiger partial charge in [-0.15, -0.1) is 12.4 Å². The highest BCUT2D eigenvalue weighted by molar-refractivity contribution is 6.33. The Kier molecular flexibility index (Phi) is 7.13. The van der Waals surface area contributed by atoms with Crippen molar-refractivity contribution in [1.29, 1.82) is 0 Å². The second kappa shape index (κ2) is 8.36. The molecule has 122 valence electrons. The Bertz CT molecular complexity index is 552. The number of anilines is 1. The number of hydrogen-bond donors (Lipinski definition) is 3. The average molecular weight is 346 g/mol. The van der Waals surface area contributed by atoms with Crippen molar-refractivity contribution in [2.24, 2.45) is 17.4 Å². The predicted octanol–water partition coefficient (Wildman–Crippen LogP) is 2.71. The minimum absolute atomic E-state index is 0. The zero-order valence-electron chi connectivity index (χ0n) is 12.2. The van der Waals surface area contributed by atoms with Gasteiger partial charge in [0.2, 0.25) is 11.8 Å². The largest absolute Gasteiger partial charge is 0.366 e. The van der Waals surface area contributed by atoms with Gasteiger partial charge in [-0.25, -0.2) is 0 Å². The first-order valence-electron chi connectivity index (χ1n) is 7.12. The molecule has 0 saturated heterocycles. The van der Waals surface area contributed by atoms with E-state index < -0.39 is 5.91 Å². The first-order chi connectivity index (χ1) is 9.97. The zero-order chi connectivity index (χ0) is 15.4. The van der Waals surface area contributed by atoms with Crippen molar-refractivity contribution < 1.29 is 9.59 Å². The number of primary amides is 1. The van der Waals surface area contributed by atoms with Crippen LogP contribution < -0.4 is 16.8 Å². The van der Waals surface area contributed by atoms with Crippen LogP contribution in [0.25, 0.3) is 0 Å². The number of nitrogens with one attached hydrogen (secondary N) is 1. The van der Waals surface area contributed by atoms with E-state index in [1.807, 2.05) is 0 Å². The zero-order valence-corrected chi connectivity index (χ0v) is 13.8. The quantitative estimate of drug-likeness (QED) is 0.782. The molecular weight excluding hydrogens is 325 g/mol. The molecule has 1 fully saturated rings. The van der Waals surface area contributed by atoms with E-state index >= 15 is 0 Å². The van der Waals surface area contributed by atoms with Gasteiger partial charge in [0.15, 0.2) is 0 Å². The number of carbonyl (C=O) groups is 2. The smallest absolute Gasteiger partial charge is 0.250 e. The predicted molar refractivity (Wildman–Crippen MR) is 90.4 cm³/mol. The maximum atomic E-state index is 12.1. The van der Waals surface area contributed by atoms with Crippen molar-refractivity contribution in [1.82, 2.24) is 0 Å². The average Bonchev–Trinajstić information content (AvgIpc) is 2.43. The van der Waals surface area contributed by atoms with Crippen molar-refractivity contribution >= 4 is 41.5 Å². The normalized spacial score (nSPS) is 20.8. The van der Waals surface area contributed by atoms with Crippen LogP contribution in [0.2, 0.25) is 5.02 Å². The summed E-state index contributed by atoms with van der Waals surface area (Å²) in [6, 6.07) is 4.77. The molecule has 1 aromatic carbocycles. The Morgan fingerprint density at radius 3 is 2.59 bits per heavy atom. The molecule has 1 aliphatic carbocycles. The Hall–Kier alpha value is -1.30. The van der Waals surface area contributed by atoms with Crippen LogP contribution in [0.4, 0.5) is 5.69 Å². The second-order valence-electron chi connectivity index (χ2n) is 5.52. The fourth-order valence-electron chi connectivity index (χ4n) is 2.73. The Labute approximate surface area is 141 Å². The molecule has 5 N–H and O–H groups in total. The lowest BCUT2D eigenvalue weighted by Gasteiger charge is -2.27. The van der Waals surface area contributed by atoms with E-state index in [-0.39, 0.29) is 40.9 Å². The van der Waals surface area contributed by atoms with Gasteiger partial charge in [0.05, 0.1) is 10.6 Å². The van der Waals surface area contributed by atoms with Crippen molar-refractivity contribution in [3.8, 4) is 0 Å². The molecule has 0 bridgehead atoms. The highest BCUT2D eigenvalue weighted by atomic mass is 35.5. The molecule has 1 aliphatic rings. The third kappa shape index (κ3) is 4.87. The van der Waals surface area contributed by atoms with E-state index in [1.165, 1.54) is 6.07 Å². The highest BCUT2D eigenvalue weighted by Gasteiger charge is 2.24. The molecule has 2 unspecified atom stereocenters. The van der Waals surface area contributed by atoms with E-state index in [1.54, 1.807) is 12.1 Å². The summed E-state index contributed by atoms with van der Waals surface area (Å²) in [6.07, 6.45) is 4.62. The Morgan fingerprint density at radius 2 is 1.95 bits per heavy atom. The van der Waals surface area contributed by atoms with Gasteiger partial charge < -0.3 is 16.8 Å². The fourth-order valence-corrected chi connectivity index (χ4v) is 2.94. The first-order valence-corrected chi connectivity index (χ1v) is 7.50. The fraction of sp³-hybridized carbons (Fsp3) is 0.467. The van der Waals surface area contributed by atoms with Crippen LogP contribution in [0.15, 0.2) is 18.2 Å². The van der Waals surface area contributed by atoms with Crippen LogP contribution in [0, 0.1) is 5.92 Å². The van der Waals surface area contributed by atoms with Crippen molar-refractivity contribution in [2.75, 3.05) is 5.32 Å². The van der Waals surface area contributed by atoms with Crippen LogP contribution in [0.1, 0.15) is 42.5 Å². The van der Waals surface area contributed by atoms with Crippen molar-refractivity contribution in [2.45, 2.75) is 38.1 Å². The summed E-state index contributed by atoms with van der Waals surface area (Å²) in [5.41, 5.74) is 12.0. The van der Waals surface area contributed by atoms with Crippen molar-refractivity contribution in [3.63, 3.8) is 0 Å². The summed E-state index contributed by atoms with van der Waals surface area (Å²) in [5.74, 6) is -0.498. The minimum atomic E-state index is -0.620. The van der Waals surface area contributed by atoms with Gasteiger partial charge in [-0.05, 0) is 37.0 Å². The van der Waals surface area contributed by atoms with Gasteiger partial charge in [-0.2, -0.15) is 0 Å². The molecule has 2 atom stereocenters. The van der Waals surface area contributed by atoms with Gasteiger partial charge in [-0.1, -0.05) is 24.4 Å². The first kappa shape index (κ1) is 18.7. The monoisotopic (exact) mass is 345 g/mol. The summed E-state index contributed by atoms with van der Waals surface area (Å²) in [6.45, 7) is 0. The number of rotatable bonds is 4. The molecule has 0 aliphatic heterocycles. The maximum Gasteiger partial charge on any atom is 0.250 e. The molecule has 2 rings (SSSR count). The molecule has 0 spiro atoms. The summed E-state index contributed by atoms with van der Waals surface area (Å²) in [4.78, 5) is 23.3. The lowest BCUT2D eigenvalue weighted by molar-refractivity contribution is -0.117. The molecule has 1 aromatic rings. The SMILES string of the molecule is Cl.NC(=O)c1cc(NC(=O)CC2CCCCC2N)ccc1Cl. The molecular formula is C15H21Cl2N3O2. The van der Waals surface area contributed by atoms with E-state index in [4.69, 9.17) is 23.1 Å². The molecule has 0 heterocycles. The number of hydrogen-bond acceptors (Lipinski definition) is 3. The van der Waals surface area contributed by atoms with Crippen LogP contribution in [-0.4, -0.2) is 17.9 Å². The Balaban J connectivity index is 0.00000242. The third-order valence-electron chi connectivity index (χ3n) is 3.93. The molecule has 2 amide bonds. The number of carbonyl (C=O) groups excluding carboxylic acids is 2. The lowest BCUT2D eigenvalue weighted by Crippen LogP contribution is -2.35. The van der Waals surface area contributed by atoms with Crippen LogP contribution in [0.5, 0.6) is 0 Å². The molecule has 1 saturated carbocycles. The topological polar surface area (TPSA) is 98.2 Å². The Morgan fingerprint density at radius 1 is 1.27 bits per heavy atom. The standard InChI is InChI=1S/C15H20ClN3O2.ClH/c16-12-6-5-10(8-11(12)15(18)21)19-14(20)7-9-3-1-2-4-13(9)17;/h5-6,8-9,13H,1-4,7,17H2,(H2,18,21)(H,19,20);1H. The minimum Gasteiger partial charge on any atom is -0.366 e. The van der Waals surface area contributed by atoms with Crippen LogP contribution in [0.3, 0.4) is 0 Å². The van der Waals surface area contributed by atoms with Gasteiger partial charge in [0, 0.05) is 18.2 Å². The van der Waals surface area contributed by atoms with Gasteiger partial charge in [0.1, 0.15) is 0 Å².